The lowest BCUT2D eigenvalue weighted by Gasteiger charge is -2.12. The molecule has 8 heteroatoms. The number of ether oxygens (including phenoxy) is 1. The lowest BCUT2D eigenvalue weighted by Crippen LogP contribution is -2.22. The van der Waals surface area contributed by atoms with Gasteiger partial charge in [0.25, 0.3) is 0 Å². The number of hydrogen-bond acceptors (Lipinski definition) is 6. The highest BCUT2D eigenvalue weighted by Gasteiger charge is 2.15. The van der Waals surface area contributed by atoms with Crippen molar-refractivity contribution >= 4 is 28.1 Å². The molecule has 146 valence electrons. The molecule has 0 aliphatic rings. The third-order valence-corrected chi connectivity index (χ3v) is 4.73. The average Bonchev–Trinajstić information content (AvgIpc) is 3.20. The molecule has 4 rings (SSSR count). The van der Waals surface area contributed by atoms with E-state index in [1.54, 1.807) is 7.11 Å². The fraction of sp³-hybridized carbons (Fsp3) is 0.400. The van der Waals surface area contributed by atoms with E-state index in [-0.39, 0.29) is 6.04 Å². The Kier molecular flexibility index (Phi) is 4.72. The van der Waals surface area contributed by atoms with E-state index in [4.69, 9.17) is 9.72 Å². The van der Waals surface area contributed by atoms with E-state index in [9.17, 15) is 0 Å². The maximum absolute atomic E-state index is 5.15. The molecule has 1 atom stereocenters. The summed E-state index contributed by atoms with van der Waals surface area (Å²) in [6, 6.07) is 4.43. The maximum atomic E-state index is 5.15. The molecule has 4 aromatic rings. The zero-order valence-electron chi connectivity index (χ0n) is 16.8. The van der Waals surface area contributed by atoms with Gasteiger partial charge in [0.2, 0.25) is 5.95 Å². The van der Waals surface area contributed by atoms with E-state index in [2.05, 4.69) is 43.7 Å². The fourth-order valence-electron chi connectivity index (χ4n) is 3.56. The third kappa shape index (κ3) is 3.20. The third-order valence-electron chi connectivity index (χ3n) is 4.73. The molecule has 4 heterocycles. The number of nitrogens with zero attached hydrogens (tertiary/aromatic N) is 5. The zero-order chi connectivity index (χ0) is 19.8. The molecule has 28 heavy (non-hydrogen) atoms. The van der Waals surface area contributed by atoms with E-state index in [0.717, 1.165) is 39.3 Å². The maximum Gasteiger partial charge on any atom is 0.224 e. The van der Waals surface area contributed by atoms with Crippen molar-refractivity contribution in [3.63, 3.8) is 0 Å². The number of methoxy groups -OCH3 is 1. The van der Waals surface area contributed by atoms with Gasteiger partial charge in [0.1, 0.15) is 17.0 Å². The standard InChI is InChI=1S/C20H25N7O/c1-11(2)27-13(4)24-17-7-6-16(25-19(17)27)14-8-21-18-15(14)9-22-20(26-18)23-12(3)10-28-5/h6-9,11-12H,10H2,1-5H3,(H2,21,22,23,26)/t12-/m0/s1. The van der Waals surface area contributed by atoms with Crippen LogP contribution in [0.2, 0.25) is 0 Å². The van der Waals surface area contributed by atoms with E-state index in [1.807, 2.05) is 38.4 Å². The second-order valence-corrected chi connectivity index (χ2v) is 7.32. The molecule has 0 radical (unpaired) electrons. The smallest absolute Gasteiger partial charge is 0.224 e. The molecule has 0 fully saturated rings. The number of pyridine rings is 1. The lowest BCUT2D eigenvalue weighted by molar-refractivity contribution is 0.190. The highest BCUT2D eigenvalue weighted by molar-refractivity contribution is 5.93. The Labute approximate surface area is 163 Å². The van der Waals surface area contributed by atoms with Crippen molar-refractivity contribution in [3.8, 4) is 11.3 Å². The van der Waals surface area contributed by atoms with Gasteiger partial charge in [-0.05, 0) is 39.8 Å². The largest absolute Gasteiger partial charge is 0.383 e. The van der Waals surface area contributed by atoms with Gasteiger partial charge in [-0.15, -0.1) is 0 Å². The summed E-state index contributed by atoms with van der Waals surface area (Å²) in [6.07, 6.45) is 3.76. The highest BCUT2D eigenvalue weighted by atomic mass is 16.5. The van der Waals surface area contributed by atoms with Crippen molar-refractivity contribution in [2.45, 2.75) is 39.8 Å². The summed E-state index contributed by atoms with van der Waals surface area (Å²) in [5, 5.41) is 4.17. The van der Waals surface area contributed by atoms with Crippen molar-refractivity contribution in [3.05, 3.63) is 30.4 Å². The first kappa shape index (κ1) is 18.4. The van der Waals surface area contributed by atoms with Gasteiger partial charge in [-0.2, -0.15) is 4.98 Å². The van der Waals surface area contributed by atoms with Crippen LogP contribution < -0.4 is 5.32 Å². The van der Waals surface area contributed by atoms with Gasteiger partial charge in [-0.1, -0.05) is 0 Å². The number of imidazole rings is 1. The van der Waals surface area contributed by atoms with Crippen LogP contribution in [0.25, 0.3) is 33.5 Å². The van der Waals surface area contributed by atoms with Crippen molar-refractivity contribution in [1.29, 1.82) is 0 Å². The second-order valence-electron chi connectivity index (χ2n) is 7.32. The van der Waals surface area contributed by atoms with Crippen LogP contribution in [0.1, 0.15) is 32.6 Å². The minimum Gasteiger partial charge on any atom is -0.383 e. The number of fused-ring (bicyclic) bond motifs is 2. The number of anilines is 1. The summed E-state index contributed by atoms with van der Waals surface area (Å²) >= 11 is 0. The Morgan fingerprint density at radius 3 is 2.75 bits per heavy atom. The van der Waals surface area contributed by atoms with Crippen LogP contribution in [0.3, 0.4) is 0 Å². The summed E-state index contributed by atoms with van der Waals surface area (Å²) in [5.74, 6) is 1.54. The van der Waals surface area contributed by atoms with Gasteiger partial charge >= 0.3 is 0 Å². The monoisotopic (exact) mass is 379 g/mol. The Bertz CT molecular complexity index is 1130. The van der Waals surface area contributed by atoms with E-state index in [0.29, 0.717) is 18.6 Å². The Morgan fingerprint density at radius 1 is 1.18 bits per heavy atom. The Balaban J connectivity index is 1.74. The number of aromatic amines is 1. The molecular formula is C20H25N7O. The highest BCUT2D eigenvalue weighted by Crippen LogP contribution is 2.29. The number of nitrogens with one attached hydrogen (secondary N) is 2. The molecule has 0 aromatic carbocycles. The predicted octanol–water partition coefficient (Wildman–Crippen LogP) is 3.71. The molecule has 8 nitrogen and oxygen atoms in total. The van der Waals surface area contributed by atoms with Gasteiger partial charge in [0.05, 0.1) is 12.3 Å². The van der Waals surface area contributed by atoms with Gasteiger partial charge in [0.15, 0.2) is 5.65 Å². The zero-order valence-corrected chi connectivity index (χ0v) is 16.8. The molecule has 0 saturated carbocycles. The minimum atomic E-state index is 0.125. The summed E-state index contributed by atoms with van der Waals surface area (Å²) in [4.78, 5) is 21.8. The second kappa shape index (κ2) is 7.20. The van der Waals surface area contributed by atoms with Gasteiger partial charge in [0, 0.05) is 42.5 Å². The minimum absolute atomic E-state index is 0.125. The van der Waals surface area contributed by atoms with E-state index >= 15 is 0 Å². The lowest BCUT2D eigenvalue weighted by atomic mass is 10.1. The summed E-state index contributed by atoms with van der Waals surface area (Å²) in [7, 11) is 1.68. The van der Waals surface area contributed by atoms with Gasteiger partial charge in [-0.3, -0.25) is 0 Å². The summed E-state index contributed by atoms with van der Waals surface area (Å²) in [5.41, 5.74) is 4.42. The SMILES string of the molecule is COC[C@H](C)Nc1ncc2c(-c3ccc4nc(C)n(C(C)C)c4n3)c[nH]c2n1. The van der Waals surface area contributed by atoms with Crippen molar-refractivity contribution in [1.82, 2.24) is 29.5 Å². The fourth-order valence-corrected chi connectivity index (χ4v) is 3.56. The van der Waals surface area contributed by atoms with Gasteiger partial charge in [-0.25, -0.2) is 15.0 Å². The average molecular weight is 379 g/mol. The predicted molar refractivity (Wildman–Crippen MR) is 110 cm³/mol. The topological polar surface area (TPSA) is 93.5 Å². The molecule has 0 unspecified atom stereocenters. The molecule has 0 aliphatic heterocycles. The van der Waals surface area contributed by atoms with Crippen LogP contribution in [0.5, 0.6) is 0 Å². The summed E-state index contributed by atoms with van der Waals surface area (Å²) in [6.45, 7) is 8.91. The van der Waals surface area contributed by atoms with Crippen molar-refractivity contribution in [2.24, 2.45) is 0 Å². The van der Waals surface area contributed by atoms with Crippen LogP contribution in [0.4, 0.5) is 5.95 Å². The van der Waals surface area contributed by atoms with Crippen LogP contribution in [0.15, 0.2) is 24.5 Å². The van der Waals surface area contributed by atoms with E-state index in [1.165, 1.54) is 0 Å². The molecule has 0 saturated heterocycles. The molecule has 0 bridgehead atoms. The number of aryl methyl sites for hydroxylation is 1. The van der Waals surface area contributed by atoms with Crippen LogP contribution in [-0.4, -0.2) is 49.2 Å². The first-order valence-electron chi connectivity index (χ1n) is 9.43. The Morgan fingerprint density at radius 2 is 2.00 bits per heavy atom. The number of H-pyrrole nitrogens is 1. The quantitative estimate of drug-likeness (QED) is 0.530. The first-order chi connectivity index (χ1) is 13.5. The first-order valence-corrected chi connectivity index (χ1v) is 9.43. The molecule has 4 aromatic heterocycles. The molecule has 2 N–H and O–H groups in total. The number of aromatic nitrogens is 6. The van der Waals surface area contributed by atoms with Gasteiger partial charge < -0.3 is 19.6 Å². The number of hydrogen-bond donors (Lipinski definition) is 2. The van der Waals surface area contributed by atoms with Crippen LogP contribution >= 0.6 is 0 Å². The van der Waals surface area contributed by atoms with E-state index < -0.39 is 0 Å². The van der Waals surface area contributed by atoms with Crippen molar-refractivity contribution in [2.75, 3.05) is 19.0 Å². The van der Waals surface area contributed by atoms with Crippen molar-refractivity contribution < 1.29 is 4.74 Å². The number of rotatable bonds is 6. The molecule has 0 amide bonds. The molecular weight excluding hydrogens is 354 g/mol. The Hall–Kier alpha value is -3.00. The molecule has 0 aliphatic carbocycles. The molecule has 0 spiro atoms. The summed E-state index contributed by atoms with van der Waals surface area (Å²) < 4.78 is 7.30. The van der Waals surface area contributed by atoms with Crippen LogP contribution in [0, 0.1) is 6.92 Å². The van der Waals surface area contributed by atoms with Crippen LogP contribution in [-0.2, 0) is 4.74 Å². The normalized spacial score (nSPS) is 12.9.